The monoisotopic (exact) mass is 359 g/mol. The van der Waals surface area contributed by atoms with Crippen molar-refractivity contribution < 1.29 is 28.5 Å². The molecule has 0 aromatic heterocycles. The van der Waals surface area contributed by atoms with Crippen LogP contribution in [0.1, 0.15) is 5.56 Å². The third-order valence-corrected chi connectivity index (χ3v) is 3.57. The Labute approximate surface area is 151 Å². The van der Waals surface area contributed by atoms with E-state index in [9.17, 15) is 9.59 Å². The zero-order valence-corrected chi connectivity index (χ0v) is 14.9. The number of benzene rings is 2. The summed E-state index contributed by atoms with van der Waals surface area (Å²) in [6.45, 7) is -0.408. The molecule has 7 nitrogen and oxygen atoms in total. The second kappa shape index (κ2) is 9.31. The first-order chi connectivity index (χ1) is 12.6. The summed E-state index contributed by atoms with van der Waals surface area (Å²) >= 11 is 0. The number of anilines is 1. The minimum absolute atomic E-state index is 0.0137. The van der Waals surface area contributed by atoms with Gasteiger partial charge in [-0.25, -0.2) is 0 Å². The molecule has 0 atom stereocenters. The predicted molar refractivity (Wildman–Crippen MR) is 95.8 cm³/mol. The Balaban J connectivity index is 1.91. The number of hydrogen-bond donors (Lipinski definition) is 1. The Hall–Kier alpha value is -3.22. The maximum atomic E-state index is 12.1. The van der Waals surface area contributed by atoms with Crippen LogP contribution < -0.4 is 19.5 Å². The summed E-state index contributed by atoms with van der Waals surface area (Å²) < 4.78 is 20.5. The van der Waals surface area contributed by atoms with Crippen LogP contribution in [0.5, 0.6) is 17.2 Å². The molecule has 1 amide bonds. The Morgan fingerprint density at radius 1 is 0.923 bits per heavy atom. The summed E-state index contributed by atoms with van der Waals surface area (Å²) in [6.07, 6.45) is 0.0137. The van der Waals surface area contributed by atoms with Crippen LogP contribution >= 0.6 is 0 Å². The van der Waals surface area contributed by atoms with Gasteiger partial charge in [0.05, 0.1) is 33.4 Å². The molecule has 0 aliphatic rings. The molecule has 0 fully saturated rings. The number of methoxy groups -OCH3 is 3. The van der Waals surface area contributed by atoms with Crippen LogP contribution in [-0.4, -0.2) is 39.8 Å². The molecule has 7 heteroatoms. The van der Waals surface area contributed by atoms with Gasteiger partial charge in [0.1, 0.15) is 17.2 Å². The number of carbonyl (C=O) groups excluding carboxylic acids is 2. The highest BCUT2D eigenvalue weighted by Crippen LogP contribution is 2.28. The van der Waals surface area contributed by atoms with Gasteiger partial charge >= 0.3 is 5.97 Å². The van der Waals surface area contributed by atoms with Crippen molar-refractivity contribution >= 4 is 17.6 Å². The second-order valence-corrected chi connectivity index (χ2v) is 5.26. The molecule has 2 aromatic rings. The van der Waals surface area contributed by atoms with Gasteiger partial charge in [0, 0.05) is 11.6 Å². The smallest absolute Gasteiger partial charge is 0.310 e. The van der Waals surface area contributed by atoms with Crippen molar-refractivity contribution in [3.63, 3.8) is 0 Å². The van der Waals surface area contributed by atoms with E-state index in [1.165, 1.54) is 21.3 Å². The van der Waals surface area contributed by atoms with Gasteiger partial charge < -0.3 is 24.3 Å². The van der Waals surface area contributed by atoms with E-state index in [2.05, 4.69) is 5.32 Å². The fourth-order valence-corrected chi connectivity index (χ4v) is 2.30. The predicted octanol–water partition coefficient (Wildman–Crippen LogP) is 2.44. The molecule has 138 valence electrons. The fraction of sp³-hybridized carbons (Fsp3) is 0.263. The number of esters is 1. The lowest BCUT2D eigenvalue weighted by Gasteiger charge is -2.12. The highest BCUT2D eigenvalue weighted by molar-refractivity contribution is 5.94. The zero-order valence-electron chi connectivity index (χ0n) is 14.9. The molecule has 2 rings (SSSR count). The Kier molecular flexibility index (Phi) is 6.84. The average Bonchev–Trinajstić information content (AvgIpc) is 2.66. The number of ether oxygens (including phenoxy) is 4. The van der Waals surface area contributed by atoms with Gasteiger partial charge in [0.25, 0.3) is 5.91 Å². The van der Waals surface area contributed by atoms with Crippen molar-refractivity contribution in [2.75, 3.05) is 33.3 Å². The summed E-state index contributed by atoms with van der Waals surface area (Å²) in [5, 5.41) is 2.63. The van der Waals surface area contributed by atoms with Crippen LogP contribution in [0, 0.1) is 0 Å². The molecule has 0 bridgehead atoms. The molecule has 0 radical (unpaired) electrons. The third-order valence-electron chi connectivity index (χ3n) is 3.57. The number of rotatable bonds is 8. The van der Waals surface area contributed by atoms with Crippen LogP contribution in [0.4, 0.5) is 5.69 Å². The highest BCUT2D eigenvalue weighted by Gasteiger charge is 2.13. The molecule has 2 aromatic carbocycles. The number of nitrogens with one attached hydrogen (secondary N) is 1. The van der Waals surface area contributed by atoms with Gasteiger partial charge in [-0.3, -0.25) is 9.59 Å². The molecule has 0 unspecified atom stereocenters. The summed E-state index contributed by atoms with van der Waals surface area (Å²) in [6, 6.07) is 12.1. The van der Waals surface area contributed by atoms with E-state index in [1.54, 1.807) is 36.4 Å². The van der Waals surface area contributed by atoms with Crippen molar-refractivity contribution in [1.29, 1.82) is 0 Å². The van der Waals surface area contributed by atoms with Crippen molar-refractivity contribution in [1.82, 2.24) is 0 Å². The minimum atomic E-state index is -0.526. The summed E-state index contributed by atoms with van der Waals surface area (Å²) in [4.78, 5) is 24.0. The van der Waals surface area contributed by atoms with E-state index in [0.717, 1.165) is 0 Å². The van der Waals surface area contributed by atoms with Crippen LogP contribution in [0.2, 0.25) is 0 Å². The van der Waals surface area contributed by atoms with Crippen molar-refractivity contribution in [2.45, 2.75) is 6.42 Å². The minimum Gasteiger partial charge on any atom is -0.497 e. The number of hydrogen-bond acceptors (Lipinski definition) is 6. The normalized spacial score (nSPS) is 9.96. The SMILES string of the molecule is COc1ccc(OC)c(NC(=O)COC(=O)Cc2ccccc2OC)c1. The van der Waals surface area contributed by atoms with Crippen LogP contribution in [0.3, 0.4) is 0 Å². The van der Waals surface area contributed by atoms with Gasteiger partial charge in [-0.2, -0.15) is 0 Å². The maximum Gasteiger partial charge on any atom is 0.310 e. The molecule has 0 spiro atoms. The van der Waals surface area contributed by atoms with E-state index in [-0.39, 0.29) is 6.42 Å². The van der Waals surface area contributed by atoms with E-state index >= 15 is 0 Å². The zero-order chi connectivity index (χ0) is 18.9. The molecule has 0 aliphatic heterocycles. The molecule has 0 aliphatic carbocycles. The molecule has 0 saturated heterocycles. The molecular formula is C19H21NO6. The van der Waals surface area contributed by atoms with E-state index < -0.39 is 18.5 Å². The van der Waals surface area contributed by atoms with E-state index in [1.807, 2.05) is 6.07 Å². The van der Waals surface area contributed by atoms with Gasteiger partial charge in [-0.05, 0) is 18.2 Å². The van der Waals surface area contributed by atoms with Gasteiger partial charge in [0.2, 0.25) is 0 Å². The van der Waals surface area contributed by atoms with Gasteiger partial charge in [-0.1, -0.05) is 18.2 Å². The molecular weight excluding hydrogens is 338 g/mol. The van der Waals surface area contributed by atoms with E-state index in [4.69, 9.17) is 18.9 Å². The van der Waals surface area contributed by atoms with E-state index in [0.29, 0.717) is 28.5 Å². The Bertz CT molecular complexity index is 774. The first kappa shape index (κ1) is 19.1. The lowest BCUT2D eigenvalue weighted by Crippen LogP contribution is -2.22. The summed E-state index contributed by atoms with van der Waals surface area (Å²) in [7, 11) is 4.54. The van der Waals surface area contributed by atoms with Crippen molar-refractivity contribution in [3.8, 4) is 17.2 Å². The Morgan fingerprint density at radius 3 is 2.35 bits per heavy atom. The largest absolute Gasteiger partial charge is 0.497 e. The van der Waals surface area contributed by atoms with Gasteiger partial charge in [-0.15, -0.1) is 0 Å². The first-order valence-corrected chi connectivity index (χ1v) is 7.86. The quantitative estimate of drug-likeness (QED) is 0.729. The summed E-state index contributed by atoms with van der Waals surface area (Å²) in [5.74, 6) is 0.621. The number of para-hydroxylation sites is 1. The topological polar surface area (TPSA) is 83.1 Å². The molecule has 1 N–H and O–H groups in total. The van der Waals surface area contributed by atoms with Crippen LogP contribution in [0.25, 0.3) is 0 Å². The lowest BCUT2D eigenvalue weighted by atomic mass is 10.1. The average molecular weight is 359 g/mol. The standard InChI is InChI=1S/C19H21NO6/c1-23-14-8-9-17(25-3)15(11-14)20-18(21)12-26-19(22)10-13-6-4-5-7-16(13)24-2/h4-9,11H,10,12H2,1-3H3,(H,20,21). The summed E-state index contributed by atoms with van der Waals surface area (Å²) in [5.41, 5.74) is 1.12. The maximum absolute atomic E-state index is 12.1. The van der Waals surface area contributed by atoms with Crippen molar-refractivity contribution in [3.05, 3.63) is 48.0 Å². The third kappa shape index (κ3) is 5.14. The van der Waals surface area contributed by atoms with Crippen LogP contribution in [0.15, 0.2) is 42.5 Å². The van der Waals surface area contributed by atoms with Crippen LogP contribution in [-0.2, 0) is 20.7 Å². The number of amides is 1. The molecule has 0 heterocycles. The molecule has 0 saturated carbocycles. The number of carbonyl (C=O) groups is 2. The highest BCUT2D eigenvalue weighted by atomic mass is 16.5. The molecule has 26 heavy (non-hydrogen) atoms. The van der Waals surface area contributed by atoms with Crippen molar-refractivity contribution in [2.24, 2.45) is 0 Å². The Morgan fingerprint density at radius 2 is 1.65 bits per heavy atom. The lowest BCUT2D eigenvalue weighted by molar-refractivity contribution is -0.146. The van der Waals surface area contributed by atoms with Gasteiger partial charge in [0.15, 0.2) is 6.61 Å². The second-order valence-electron chi connectivity index (χ2n) is 5.26. The fourth-order valence-electron chi connectivity index (χ4n) is 2.30. The first-order valence-electron chi connectivity index (χ1n) is 7.86.